The molecular weight excluding hydrogens is 639 g/mol. The highest BCUT2D eigenvalue weighted by Crippen LogP contribution is 2.32. The van der Waals surface area contributed by atoms with E-state index in [1.807, 2.05) is 42.5 Å². The molecule has 44 heavy (non-hydrogen) atoms. The maximum Gasteiger partial charge on any atom is 0.673 e. The van der Waals surface area contributed by atoms with Gasteiger partial charge in [0.1, 0.15) is 0 Å². The molecule has 0 radical (unpaired) electrons. The van der Waals surface area contributed by atoms with Gasteiger partial charge in [-0.3, -0.25) is 0 Å². The molecule has 0 aliphatic carbocycles. The van der Waals surface area contributed by atoms with Crippen LogP contribution in [0.5, 0.6) is 0 Å². The lowest BCUT2D eigenvalue weighted by Crippen LogP contribution is -2.02. The van der Waals surface area contributed by atoms with E-state index in [0.717, 1.165) is 28.2 Å². The van der Waals surface area contributed by atoms with E-state index >= 15 is 0 Å². The maximum absolute atomic E-state index is 9.75. The van der Waals surface area contributed by atoms with Crippen molar-refractivity contribution in [3.63, 3.8) is 0 Å². The van der Waals surface area contributed by atoms with Crippen LogP contribution in [0.1, 0.15) is 0 Å². The van der Waals surface area contributed by atoms with Crippen LogP contribution in [0, 0.1) is 0 Å². The van der Waals surface area contributed by atoms with E-state index < -0.39 is 29.0 Å². The summed E-state index contributed by atoms with van der Waals surface area (Å²) in [6.45, 7) is 0. The molecule has 0 fully saturated rings. The van der Waals surface area contributed by atoms with E-state index in [2.05, 4.69) is 60.7 Å². The molecule has 242 valence electrons. The van der Waals surface area contributed by atoms with Crippen LogP contribution in [0.3, 0.4) is 0 Å². The van der Waals surface area contributed by atoms with Crippen LogP contribution in [0.25, 0.3) is 33.8 Å². The standard InChI is InChI=1S/C23H17O.4BF4/c1-4-10-18(11-5-1)21-16-22(19-12-6-2-7-13-19)24-23(17-21)20-14-8-3-9-15-20;4*2-1(3,4)5/h1-17H;;;;/q+1;4*-1. The Morgan fingerprint density at radius 3 is 0.727 bits per heavy atom. The average Bonchev–Trinajstić information content (AvgIpc) is 2.86. The maximum atomic E-state index is 9.75. The van der Waals surface area contributed by atoms with Crippen LogP contribution >= 0.6 is 0 Å². The normalized spacial score (nSPS) is 11.2. The second kappa shape index (κ2) is 17.9. The molecule has 0 aliphatic rings. The van der Waals surface area contributed by atoms with Crippen molar-refractivity contribution in [1.82, 2.24) is 0 Å². The number of halogens is 16. The van der Waals surface area contributed by atoms with Crippen LogP contribution in [-0.2, 0) is 0 Å². The molecule has 1 nitrogen and oxygen atoms in total. The quantitative estimate of drug-likeness (QED) is 0.121. The van der Waals surface area contributed by atoms with Crippen molar-refractivity contribution in [3.8, 4) is 33.8 Å². The Bertz CT molecular complexity index is 1120. The first-order valence-corrected chi connectivity index (χ1v) is 11.5. The Labute approximate surface area is 240 Å². The van der Waals surface area contributed by atoms with E-state index in [1.165, 1.54) is 5.56 Å². The topological polar surface area (TPSA) is 11.3 Å². The monoisotopic (exact) mass is 657 g/mol. The van der Waals surface area contributed by atoms with Crippen molar-refractivity contribution >= 4 is 29.0 Å². The molecule has 0 unspecified atom stereocenters. The Balaban J connectivity index is 0.000000757. The van der Waals surface area contributed by atoms with E-state index in [4.69, 9.17) is 4.42 Å². The van der Waals surface area contributed by atoms with Gasteiger partial charge in [-0.1, -0.05) is 66.7 Å². The zero-order chi connectivity index (χ0) is 34.2. The van der Waals surface area contributed by atoms with Gasteiger partial charge in [-0.25, -0.2) is 4.42 Å². The summed E-state index contributed by atoms with van der Waals surface area (Å²) in [5.74, 6) is 1.74. The van der Waals surface area contributed by atoms with Gasteiger partial charge in [-0.05, 0) is 29.8 Å². The van der Waals surface area contributed by atoms with Gasteiger partial charge in [0.15, 0.2) is 0 Å². The third kappa shape index (κ3) is 26.8. The predicted molar refractivity (Wildman–Crippen MR) is 140 cm³/mol. The van der Waals surface area contributed by atoms with Crippen molar-refractivity contribution in [2.75, 3.05) is 0 Å². The molecule has 0 aliphatic heterocycles. The summed E-state index contributed by atoms with van der Waals surface area (Å²) in [4.78, 5) is 0. The van der Waals surface area contributed by atoms with Gasteiger partial charge in [0, 0.05) is 5.56 Å². The fraction of sp³-hybridized carbons (Fsp3) is 0. The van der Waals surface area contributed by atoms with E-state index in [-0.39, 0.29) is 0 Å². The predicted octanol–water partition coefficient (Wildman–Crippen LogP) is 11.8. The van der Waals surface area contributed by atoms with Gasteiger partial charge in [0.2, 0.25) is 0 Å². The molecule has 0 saturated heterocycles. The zero-order valence-corrected chi connectivity index (χ0v) is 21.6. The van der Waals surface area contributed by atoms with Gasteiger partial charge < -0.3 is 69.1 Å². The largest absolute Gasteiger partial charge is 0.673 e. The van der Waals surface area contributed by atoms with Gasteiger partial charge in [-0.15, -0.1) is 0 Å². The first-order chi connectivity index (χ1) is 19.9. The van der Waals surface area contributed by atoms with Crippen molar-refractivity contribution in [1.29, 1.82) is 0 Å². The summed E-state index contributed by atoms with van der Waals surface area (Å²) in [5.41, 5.74) is 4.49. The van der Waals surface area contributed by atoms with E-state index in [0.29, 0.717) is 0 Å². The summed E-state index contributed by atoms with van der Waals surface area (Å²) in [7, 11) is -24.0. The molecule has 21 heteroatoms. The number of hydrogen-bond acceptors (Lipinski definition) is 0. The number of rotatable bonds is 3. The summed E-state index contributed by atoms with van der Waals surface area (Å²) < 4.78 is 162. The molecule has 0 amide bonds. The minimum absolute atomic E-state index is 0.871. The molecule has 1 aromatic heterocycles. The first kappa shape index (κ1) is 39.9. The average molecular weight is 657 g/mol. The Morgan fingerprint density at radius 1 is 0.295 bits per heavy atom. The molecular formula is C23H17B4F16O-3. The molecule has 4 aromatic rings. The highest BCUT2D eigenvalue weighted by atomic mass is 19.5. The first-order valence-electron chi connectivity index (χ1n) is 11.5. The SMILES string of the molecule is F[B-](F)(F)F.F[B-](F)(F)F.F[B-](F)(F)F.F[B-](F)(F)F.c1ccc(-c2cc(-c3ccccc3)[o+]c(-c3ccccc3)c2)cc1. The van der Waals surface area contributed by atoms with Crippen LogP contribution in [0.2, 0.25) is 0 Å². The lowest BCUT2D eigenvalue weighted by Gasteiger charge is -2.02. The summed E-state index contributed by atoms with van der Waals surface area (Å²) in [5, 5.41) is 0. The van der Waals surface area contributed by atoms with E-state index in [1.54, 1.807) is 0 Å². The minimum Gasteiger partial charge on any atom is -0.418 e. The van der Waals surface area contributed by atoms with Crippen LogP contribution < -0.4 is 0 Å². The van der Waals surface area contributed by atoms with Crippen molar-refractivity contribution in [3.05, 3.63) is 103 Å². The molecule has 0 bridgehead atoms. The zero-order valence-electron chi connectivity index (χ0n) is 21.6. The molecule has 0 atom stereocenters. The Morgan fingerprint density at radius 2 is 0.500 bits per heavy atom. The second-order valence-electron chi connectivity index (χ2n) is 7.65. The molecule has 4 rings (SSSR count). The Kier molecular flexibility index (Phi) is 16.3. The van der Waals surface area contributed by atoms with Crippen LogP contribution in [0.15, 0.2) is 108 Å². The summed E-state index contributed by atoms with van der Waals surface area (Å²) >= 11 is 0. The summed E-state index contributed by atoms with van der Waals surface area (Å²) in [6, 6.07) is 35.1. The van der Waals surface area contributed by atoms with E-state index in [9.17, 15) is 69.1 Å². The lowest BCUT2D eigenvalue weighted by atomic mass is 10.0. The third-order valence-electron chi connectivity index (χ3n) is 4.02. The van der Waals surface area contributed by atoms with Gasteiger partial charge in [-0.2, -0.15) is 0 Å². The van der Waals surface area contributed by atoms with Crippen molar-refractivity contribution in [2.24, 2.45) is 0 Å². The number of hydrogen-bond donors (Lipinski definition) is 0. The highest BCUT2D eigenvalue weighted by molar-refractivity contribution is 6.50. The van der Waals surface area contributed by atoms with Crippen LogP contribution in [0.4, 0.5) is 69.1 Å². The molecule has 0 saturated carbocycles. The Hall–Kier alpha value is -4.05. The molecule has 0 N–H and O–H groups in total. The highest BCUT2D eigenvalue weighted by Gasteiger charge is 2.22. The van der Waals surface area contributed by atoms with Gasteiger partial charge in [0.05, 0.1) is 23.3 Å². The molecule has 0 spiro atoms. The van der Waals surface area contributed by atoms with Gasteiger partial charge in [0.25, 0.3) is 0 Å². The van der Waals surface area contributed by atoms with Crippen LogP contribution in [-0.4, -0.2) is 29.0 Å². The minimum atomic E-state index is -6.00. The molecule has 3 aromatic carbocycles. The third-order valence-corrected chi connectivity index (χ3v) is 4.02. The lowest BCUT2D eigenvalue weighted by molar-refractivity contribution is 0.366. The fourth-order valence-electron chi connectivity index (χ4n) is 2.79. The smallest absolute Gasteiger partial charge is 0.418 e. The number of benzene rings is 3. The van der Waals surface area contributed by atoms with Crippen molar-refractivity contribution < 1.29 is 73.5 Å². The van der Waals surface area contributed by atoms with Gasteiger partial charge >= 0.3 is 40.5 Å². The summed E-state index contributed by atoms with van der Waals surface area (Å²) in [6.07, 6.45) is 0. The fourth-order valence-corrected chi connectivity index (χ4v) is 2.79. The molecule has 1 heterocycles. The van der Waals surface area contributed by atoms with Crippen molar-refractivity contribution in [2.45, 2.75) is 0 Å². The second-order valence-corrected chi connectivity index (χ2v) is 7.65.